The summed E-state index contributed by atoms with van der Waals surface area (Å²) in [7, 11) is 0. The van der Waals surface area contributed by atoms with Crippen molar-refractivity contribution in [1.29, 1.82) is 0 Å². The van der Waals surface area contributed by atoms with Crippen LogP contribution in [0.15, 0.2) is 36.4 Å². The molecular weight excluding hydrogens is 269 g/mol. The van der Waals surface area contributed by atoms with Crippen molar-refractivity contribution in [3.05, 3.63) is 59.4 Å². The average molecular weight is 280 g/mol. The first kappa shape index (κ1) is 13.9. The maximum absolute atomic E-state index is 13.4. The van der Waals surface area contributed by atoms with E-state index in [1.807, 2.05) is 0 Å². The minimum absolute atomic E-state index is 0.0521. The SMILES string of the molecule is Nc1cccc(CC(=O)Nc2cc(F)c(F)cc2F)c1. The lowest BCUT2D eigenvalue weighted by atomic mass is 10.1. The van der Waals surface area contributed by atoms with Crippen LogP contribution in [0.2, 0.25) is 0 Å². The van der Waals surface area contributed by atoms with E-state index in [-0.39, 0.29) is 6.42 Å². The third kappa shape index (κ3) is 3.28. The molecule has 1 amide bonds. The lowest BCUT2D eigenvalue weighted by Gasteiger charge is -2.07. The Labute approximate surface area is 113 Å². The van der Waals surface area contributed by atoms with Crippen LogP contribution in [0.1, 0.15) is 5.56 Å². The van der Waals surface area contributed by atoms with E-state index in [2.05, 4.69) is 5.32 Å². The topological polar surface area (TPSA) is 55.1 Å². The van der Waals surface area contributed by atoms with E-state index in [1.165, 1.54) is 0 Å². The lowest BCUT2D eigenvalue weighted by Crippen LogP contribution is -2.16. The molecule has 2 aromatic rings. The molecule has 0 aliphatic carbocycles. The van der Waals surface area contributed by atoms with Gasteiger partial charge in [0.05, 0.1) is 12.1 Å². The quantitative estimate of drug-likeness (QED) is 0.671. The predicted molar refractivity (Wildman–Crippen MR) is 69.5 cm³/mol. The standard InChI is InChI=1S/C14H11F3N2O/c15-10-6-12(17)13(7-11(10)16)19-14(20)5-8-2-1-3-9(18)4-8/h1-4,6-7H,5,18H2,(H,19,20). The summed E-state index contributed by atoms with van der Waals surface area (Å²) < 4.78 is 39.1. The summed E-state index contributed by atoms with van der Waals surface area (Å²) in [5, 5.41) is 2.18. The number of hydrogen-bond donors (Lipinski definition) is 2. The Morgan fingerprint density at radius 3 is 2.45 bits per heavy atom. The maximum atomic E-state index is 13.4. The summed E-state index contributed by atoms with van der Waals surface area (Å²) in [6.07, 6.45) is -0.0521. The first-order valence-corrected chi connectivity index (χ1v) is 5.74. The van der Waals surface area contributed by atoms with Crippen molar-refractivity contribution < 1.29 is 18.0 Å². The van der Waals surface area contributed by atoms with E-state index >= 15 is 0 Å². The normalized spacial score (nSPS) is 10.3. The Hall–Kier alpha value is -2.50. The molecule has 20 heavy (non-hydrogen) atoms. The zero-order valence-corrected chi connectivity index (χ0v) is 10.3. The Kier molecular flexibility index (Phi) is 3.93. The highest BCUT2D eigenvalue weighted by atomic mass is 19.2. The molecule has 0 spiro atoms. The number of carbonyl (C=O) groups excluding carboxylic acids is 1. The van der Waals surface area contributed by atoms with Crippen molar-refractivity contribution in [2.45, 2.75) is 6.42 Å². The van der Waals surface area contributed by atoms with Gasteiger partial charge in [-0.2, -0.15) is 0 Å². The molecule has 0 aromatic heterocycles. The molecule has 2 rings (SSSR count). The van der Waals surface area contributed by atoms with Crippen LogP contribution in [0.5, 0.6) is 0 Å². The van der Waals surface area contributed by atoms with E-state index in [0.29, 0.717) is 23.4 Å². The zero-order valence-electron chi connectivity index (χ0n) is 10.3. The Bertz CT molecular complexity index is 659. The van der Waals surface area contributed by atoms with Gasteiger partial charge in [-0.1, -0.05) is 12.1 Å². The van der Waals surface area contributed by atoms with Crippen LogP contribution in [0, 0.1) is 17.5 Å². The van der Waals surface area contributed by atoms with Crippen LogP contribution >= 0.6 is 0 Å². The number of nitrogens with one attached hydrogen (secondary N) is 1. The van der Waals surface area contributed by atoms with Crippen LogP contribution in [0.3, 0.4) is 0 Å². The molecule has 0 radical (unpaired) electrons. The van der Waals surface area contributed by atoms with Crippen molar-refractivity contribution in [3.8, 4) is 0 Å². The molecule has 0 aliphatic heterocycles. The van der Waals surface area contributed by atoms with Gasteiger partial charge >= 0.3 is 0 Å². The van der Waals surface area contributed by atoms with Gasteiger partial charge in [-0.15, -0.1) is 0 Å². The fourth-order valence-corrected chi connectivity index (χ4v) is 1.70. The molecule has 0 bridgehead atoms. The highest BCUT2D eigenvalue weighted by Crippen LogP contribution is 2.18. The van der Waals surface area contributed by atoms with Crippen LogP contribution < -0.4 is 11.1 Å². The summed E-state index contributed by atoms with van der Waals surface area (Å²) in [4.78, 5) is 11.7. The second-order valence-corrected chi connectivity index (χ2v) is 4.22. The van der Waals surface area contributed by atoms with E-state index in [4.69, 9.17) is 5.73 Å². The molecular formula is C14H11F3N2O. The highest BCUT2D eigenvalue weighted by molar-refractivity contribution is 5.92. The van der Waals surface area contributed by atoms with Crippen molar-refractivity contribution in [1.82, 2.24) is 0 Å². The molecule has 0 aliphatic rings. The molecule has 0 heterocycles. The van der Waals surface area contributed by atoms with Gasteiger partial charge in [-0.3, -0.25) is 4.79 Å². The Morgan fingerprint density at radius 1 is 1.05 bits per heavy atom. The van der Waals surface area contributed by atoms with E-state index in [9.17, 15) is 18.0 Å². The first-order chi connectivity index (χ1) is 9.45. The van der Waals surface area contributed by atoms with Crippen molar-refractivity contribution in [2.75, 3.05) is 11.1 Å². The minimum Gasteiger partial charge on any atom is -0.399 e. The number of nitrogens with two attached hydrogens (primary N) is 1. The Morgan fingerprint density at radius 2 is 1.75 bits per heavy atom. The number of rotatable bonds is 3. The summed E-state index contributed by atoms with van der Waals surface area (Å²) in [6, 6.07) is 7.60. The molecule has 0 saturated heterocycles. The van der Waals surface area contributed by atoms with E-state index in [1.54, 1.807) is 24.3 Å². The number of hydrogen-bond acceptors (Lipinski definition) is 2. The molecule has 0 saturated carbocycles. The summed E-state index contributed by atoms with van der Waals surface area (Å²) >= 11 is 0. The van der Waals surface area contributed by atoms with Crippen LogP contribution in [-0.4, -0.2) is 5.91 Å². The number of halogens is 3. The zero-order chi connectivity index (χ0) is 14.7. The Balaban J connectivity index is 2.10. The molecule has 0 unspecified atom stereocenters. The molecule has 0 fully saturated rings. The summed E-state index contributed by atoms with van der Waals surface area (Å²) in [5.41, 5.74) is 6.28. The van der Waals surface area contributed by atoms with Gasteiger partial charge in [-0.05, 0) is 17.7 Å². The summed E-state index contributed by atoms with van der Waals surface area (Å²) in [6.45, 7) is 0. The predicted octanol–water partition coefficient (Wildman–Crippen LogP) is 2.87. The van der Waals surface area contributed by atoms with Gasteiger partial charge < -0.3 is 11.1 Å². The molecule has 3 N–H and O–H groups in total. The second-order valence-electron chi connectivity index (χ2n) is 4.22. The fourth-order valence-electron chi connectivity index (χ4n) is 1.70. The largest absolute Gasteiger partial charge is 0.399 e. The van der Waals surface area contributed by atoms with Crippen molar-refractivity contribution >= 4 is 17.3 Å². The molecule has 6 heteroatoms. The van der Waals surface area contributed by atoms with Gasteiger partial charge in [0.2, 0.25) is 5.91 Å². The van der Waals surface area contributed by atoms with Crippen molar-refractivity contribution in [3.63, 3.8) is 0 Å². The van der Waals surface area contributed by atoms with Gasteiger partial charge in [0.15, 0.2) is 11.6 Å². The third-order valence-corrected chi connectivity index (χ3v) is 2.60. The van der Waals surface area contributed by atoms with Gasteiger partial charge in [-0.25, -0.2) is 13.2 Å². The number of carbonyl (C=O) groups is 1. The lowest BCUT2D eigenvalue weighted by molar-refractivity contribution is -0.115. The molecule has 104 valence electrons. The van der Waals surface area contributed by atoms with E-state index in [0.717, 1.165) is 0 Å². The molecule has 2 aromatic carbocycles. The minimum atomic E-state index is -1.31. The van der Waals surface area contributed by atoms with E-state index < -0.39 is 29.0 Å². The third-order valence-electron chi connectivity index (χ3n) is 2.60. The second kappa shape index (κ2) is 5.64. The van der Waals surface area contributed by atoms with Crippen LogP contribution in [0.25, 0.3) is 0 Å². The number of benzene rings is 2. The number of nitrogen functional groups attached to an aromatic ring is 1. The van der Waals surface area contributed by atoms with Gasteiger partial charge in [0.1, 0.15) is 5.82 Å². The van der Waals surface area contributed by atoms with Gasteiger partial charge in [0.25, 0.3) is 0 Å². The maximum Gasteiger partial charge on any atom is 0.228 e. The monoisotopic (exact) mass is 280 g/mol. The first-order valence-electron chi connectivity index (χ1n) is 5.74. The fraction of sp³-hybridized carbons (Fsp3) is 0.0714. The number of anilines is 2. The van der Waals surface area contributed by atoms with Crippen molar-refractivity contribution in [2.24, 2.45) is 0 Å². The van der Waals surface area contributed by atoms with Gasteiger partial charge in [0, 0.05) is 17.8 Å². The molecule has 3 nitrogen and oxygen atoms in total. The van der Waals surface area contributed by atoms with Crippen LogP contribution in [0.4, 0.5) is 24.5 Å². The highest BCUT2D eigenvalue weighted by Gasteiger charge is 2.12. The average Bonchev–Trinajstić information content (AvgIpc) is 2.36. The smallest absolute Gasteiger partial charge is 0.228 e. The van der Waals surface area contributed by atoms with Crippen LogP contribution in [-0.2, 0) is 11.2 Å². The number of amides is 1. The molecule has 0 atom stereocenters. The summed E-state index contributed by atoms with van der Waals surface area (Å²) in [5.74, 6) is -4.13.